The fourth-order valence-corrected chi connectivity index (χ4v) is 5.13. The Hall–Kier alpha value is -0.0800. The zero-order chi connectivity index (χ0) is 26.7. The Morgan fingerprint density at radius 2 is 1.50 bits per heavy atom. The van der Waals surface area contributed by atoms with Crippen LogP contribution in [0.3, 0.4) is 0 Å². The van der Waals surface area contributed by atoms with Crippen LogP contribution in [0.2, 0.25) is 0 Å². The monoisotopic (exact) mass is 569 g/mol. The van der Waals surface area contributed by atoms with E-state index in [4.69, 9.17) is 53.8 Å². The van der Waals surface area contributed by atoms with E-state index in [1.807, 2.05) is 13.8 Å². The fraction of sp³-hybridized carbons (Fsp3) is 0.889. The number of carbonyl (C=O) groups is 1. The molecule has 0 bridgehead atoms. The maximum absolute atomic E-state index is 12.4. The average Bonchev–Trinajstić information content (AvgIpc) is 3.28. The smallest absolute Gasteiger partial charge is 0.272 e. The molecule has 2 aliphatic heterocycles. The standard InChI is InChI=1S/C27H46Cl3NO5/c1-5-7-8-14-17-26(33-19-20-34-26)18-15-12-10-9-11-13-16-22-25(6-2,21-35-24(3,4)36-22)31-23(32)27(28,29)30/h6,22H,2,5,7-21H2,1,3-4H3,(H,31,32)/t22-,25+/m1/s1. The van der Waals surface area contributed by atoms with Gasteiger partial charge in [-0.05, 0) is 33.1 Å². The second-order valence-electron chi connectivity index (χ2n) is 10.6. The van der Waals surface area contributed by atoms with E-state index in [0.29, 0.717) is 13.2 Å². The Balaban J connectivity index is 1.73. The molecule has 1 amide bonds. The van der Waals surface area contributed by atoms with E-state index >= 15 is 0 Å². The van der Waals surface area contributed by atoms with Crippen molar-refractivity contribution in [3.05, 3.63) is 12.7 Å². The summed E-state index contributed by atoms with van der Waals surface area (Å²) in [7, 11) is 0. The van der Waals surface area contributed by atoms with Crippen LogP contribution in [0.5, 0.6) is 0 Å². The summed E-state index contributed by atoms with van der Waals surface area (Å²) in [5.74, 6) is -1.83. The van der Waals surface area contributed by atoms with Gasteiger partial charge in [-0.3, -0.25) is 4.79 Å². The van der Waals surface area contributed by atoms with Gasteiger partial charge in [-0.1, -0.05) is 99.2 Å². The van der Waals surface area contributed by atoms with Gasteiger partial charge < -0.3 is 24.3 Å². The van der Waals surface area contributed by atoms with Crippen molar-refractivity contribution in [2.75, 3.05) is 19.8 Å². The first kappa shape index (κ1) is 32.1. The van der Waals surface area contributed by atoms with Crippen LogP contribution in [0, 0.1) is 0 Å². The summed E-state index contributed by atoms with van der Waals surface area (Å²) in [6.07, 6.45) is 15.6. The highest BCUT2D eigenvalue weighted by atomic mass is 35.6. The molecular weight excluding hydrogens is 525 g/mol. The van der Waals surface area contributed by atoms with Gasteiger partial charge >= 0.3 is 0 Å². The molecule has 2 saturated heterocycles. The molecule has 36 heavy (non-hydrogen) atoms. The molecule has 0 spiro atoms. The van der Waals surface area contributed by atoms with E-state index in [1.54, 1.807) is 6.08 Å². The minimum absolute atomic E-state index is 0.199. The zero-order valence-electron chi connectivity index (χ0n) is 22.4. The van der Waals surface area contributed by atoms with Crippen molar-refractivity contribution in [2.45, 2.75) is 131 Å². The van der Waals surface area contributed by atoms with E-state index in [1.165, 1.54) is 38.5 Å². The highest BCUT2D eigenvalue weighted by Gasteiger charge is 2.49. The summed E-state index contributed by atoms with van der Waals surface area (Å²) >= 11 is 17.4. The van der Waals surface area contributed by atoms with Gasteiger partial charge in [0.05, 0.1) is 25.9 Å². The van der Waals surface area contributed by atoms with E-state index in [2.05, 4.69) is 18.8 Å². The molecule has 6 nitrogen and oxygen atoms in total. The molecular formula is C27H46Cl3NO5. The number of ether oxygens (including phenoxy) is 4. The van der Waals surface area contributed by atoms with Crippen LogP contribution in [0.15, 0.2) is 12.7 Å². The largest absolute Gasteiger partial charge is 0.348 e. The van der Waals surface area contributed by atoms with Gasteiger partial charge in [0.1, 0.15) is 5.54 Å². The van der Waals surface area contributed by atoms with Gasteiger partial charge in [-0.25, -0.2) is 0 Å². The lowest BCUT2D eigenvalue weighted by Crippen LogP contribution is -2.66. The van der Waals surface area contributed by atoms with E-state index < -0.39 is 21.0 Å². The Bertz CT molecular complexity index is 679. The Morgan fingerprint density at radius 3 is 2.06 bits per heavy atom. The fourth-order valence-electron chi connectivity index (χ4n) is 4.99. The van der Waals surface area contributed by atoms with Crippen LogP contribution in [0.25, 0.3) is 0 Å². The average molecular weight is 571 g/mol. The molecule has 0 saturated carbocycles. The highest BCUT2D eigenvalue weighted by molar-refractivity contribution is 6.76. The number of hydrogen-bond donors (Lipinski definition) is 1. The van der Waals surface area contributed by atoms with Crippen LogP contribution < -0.4 is 5.32 Å². The molecule has 0 aliphatic carbocycles. The molecule has 9 heteroatoms. The number of nitrogens with one attached hydrogen (secondary N) is 1. The first-order valence-electron chi connectivity index (χ1n) is 13.6. The van der Waals surface area contributed by atoms with Gasteiger partial charge in [0.15, 0.2) is 11.6 Å². The van der Waals surface area contributed by atoms with Crippen LogP contribution in [0.1, 0.15) is 104 Å². The molecule has 2 fully saturated rings. The van der Waals surface area contributed by atoms with Crippen LogP contribution in [-0.4, -0.2) is 52.7 Å². The lowest BCUT2D eigenvalue weighted by molar-refractivity contribution is -0.295. The summed E-state index contributed by atoms with van der Waals surface area (Å²) in [5, 5.41) is 2.80. The summed E-state index contributed by atoms with van der Waals surface area (Å²) in [6, 6.07) is 0. The van der Waals surface area contributed by atoms with Crippen molar-refractivity contribution in [3.63, 3.8) is 0 Å². The number of amides is 1. The number of unbranched alkanes of at least 4 members (excludes halogenated alkanes) is 8. The molecule has 1 N–H and O–H groups in total. The molecule has 2 rings (SSSR count). The van der Waals surface area contributed by atoms with Crippen molar-refractivity contribution in [3.8, 4) is 0 Å². The Labute approximate surface area is 233 Å². The number of alkyl halides is 3. The first-order valence-corrected chi connectivity index (χ1v) is 14.7. The lowest BCUT2D eigenvalue weighted by Gasteiger charge is -2.48. The molecule has 2 heterocycles. The number of carbonyl (C=O) groups excluding carboxylic acids is 1. The normalized spacial score (nSPS) is 25.6. The van der Waals surface area contributed by atoms with Crippen molar-refractivity contribution in [2.24, 2.45) is 0 Å². The third-order valence-corrected chi connectivity index (χ3v) is 7.64. The summed E-state index contributed by atoms with van der Waals surface area (Å²) < 4.78 is 22.0. The summed E-state index contributed by atoms with van der Waals surface area (Å²) in [4.78, 5) is 12.4. The summed E-state index contributed by atoms with van der Waals surface area (Å²) in [5.41, 5.74) is -0.955. The van der Waals surface area contributed by atoms with E-state index in [-0.39, 0.29) is 18.5 Å². The van der Waals surface area contributed by atoms with Crippen LogP contribution in [-0.2, 0) is 23.7 Å². The molecule has 0 radical (unpaired) electrons. The second kappa shape index (κ2) is 14.9. The quantitative estimate of drug-likeness (QED) is 0.119. The maximum atomic E-state index is 12.4. The van der Waals surface area contributed by atoms with Gasteiger partial charge in [0.25, 0.3) is 9.70 Å². The van der Waals surface area contributed by atoms with Crippen molar-refractivity contribution >= 4 is 40.7 Å². The predicted octanol–water partition coefficient (Wildman–Crippen LogP) is 7.38. The molecule has 2 aliphatic rings. The van der Waals surface area contributed by atoms with Gasteiger partial charge in [0, 0.05) is 12.8 Å². The lowest BCUT2D eigenvalue weighted by atomic mass is 9.87. The summed E-state index contributed by atoms with van der Waals surface area (Å²) in [6.45, 7) is 11.5. The maximum Gasteiger partial charge on any atom is 0.272 e. The molecule has 0 unspecified atom stereocenters. The molecule has 210 valence electrons. The Morgan fingerprint density at radius 1 is 0.944 bits per heavy atom. The third kappa shape index (κ3) is 10.2. The minimum Gasteiger partial charge on any atom is -0.348 e. The van der Waals surface area contributed by atoms with E-state index in [0.717, 1.165) is 44.9 Å². The van der Waals surface area contributed by atoms with Crippen molar-refractivity contribution in [1.82, 2.24) is 5.32 Å². The molecule has 2 atom stereocenters. The van der Waals surface area contributed by atoms with Gasteiger partial charge in [-0.15, -0.1) is 6.58 Å². The topological polar surface area (TPSA) is 66.0 Å². The minimum atomic E-state index is -2.07. The van der Waals surface area contributed by atoms with Gasteiger partial charge in [-0.2, -0.15) is 0 Å². The molecule has 0 aromatic rings. The highest BCUT2D eigenvalue weighted by Crippen LogP contribution is 2.36. The van der Waals surface area contributed by atoms with Gasteiger partial charge in [0.2, 0.25) is 0 Å². The second-order valence-corrected chi connectivity index (χ2v) is 12.9. The number of rotatable bonds is 16. The van der Waals surface area contributed by atoms with Crippen LogP contribution in [0.4, 0.5) is 0 Å². The third-order valence-electron chi connectivity index (χ3n) is 7.13. The van der Waals surface area contributed by atoms with Crippen molar-refractivity contribution in [1.29, 1.82) is 0 Å². The zero-order valence-corrected chi connectivity index (χ0v) is 24.6. The van der Waals surface area contributed by atoms with Crippen LogP contribution >= 0.6 is 34.8 Å². The molecule has 0 aromatic carbocycles. The van der Waals surface area contributed by atoms with Crippen molar-refractivity contribution < 1.29 is 23.7 Å². The Kier molecular flexibility index (Phi) is 13.3. The SMILES string of the molecule is C=C[C@]1(NC(=O)C(Cl)(Cl)Cl)COC(C)(C)O[C@@H]1CCCCCCCCC1(CCCCCC)OCCO1. The van der Waals surface area contributed by atoms with E-state index in [9.17, 15) is 4.79 Å². The number of hydrogen-bond acceptors (Lipinski definition) is 5. The number of halogens is 3. The molecule has 0 aromatic heterocycles. The predicted molar refractivity (Wildman–Crippen MR) is 147 cm³/mol. The first-order chi connectivity index (χ1) is 17.0.